The van der Waals surface area contributed by atoms with Crippen molar-refractivity contribution in [1.29, 1.82) is 0 Å². The zero-order valence-corrected chi connectivity index (χ0v) is 6.50. The van der Waals surface area contributed by atoms with Gasteiger partial charge in [0, 0.05) is 0 Å². The Morgan fingerprint density at radius 3 is 1.00 bits per heavy atom. The van der Waals surface area contributed by atoms with Crippen LogP contribution < -0.4 is 0 Å². The Hall–Kier alpha value is -0.350. The number of halogens is 10. The number of rotatable bonds is 1. The maximum absolute atomic E-state index is 11.7. The summed E-state index contributed by atoms with van der Waals surface area (Å²) in [7, 11) is -8.09. The molecule has 0 aromatic rings. The van der Waals surface area contributed by atoms with E-state index in [2.05, 4.69) is 0 Å². The van der Waals surface area contributed by atoms with Crippen LogP contribution in [0, 0.1) is 0 Å². The van der Waals surface area contributed by atoms with Crippen LogP contribution in [-0.2, 0) is 0 Å². The molecule has 0 nitrogen and oxygen atoms in total. The Bertz CT molecular complexity index is 184. The molecule has 0 atom stereocenters. The molecule has 0 aliphatic rings. The summed E-state index contributed by atoms with van der Waals surface area (Å²) in [5, 5.41) is -7.06. The molecule has 0 aromatic carbocycles. The molecule has 0 saturated heterocycles. The predicted molar refractivity (Wildman–Crippen MR) is 26.9 cm³/mol. The van der Waals surface area contributed by atoms with Gasteiger partial charge in [0.2, 0.25) is 10.8 Å². The van der Waals surface area contributed by atoms with Gasteiger partial charge in [-0.3, -0.25) is 0 Å². The van der Waals surface area contributed by atoms with Gasteiger partial charge in [0.25, 0.3) is 0 Å². The van der Waals surface area contributed by atoms with E-state index < -0.39 is 27.7 Å². The second-order valence-corrected chi connectivity index (χ2v) is 3.84. The fourth-order valence-corrected chi connectivity index (χ4v) is 0.872. The molecule has 0 aliphatic carbocycles. The van der Waals surface area contributed by atoms with Gasteiger partial charge in [-0.15, -0.1) is 7.77 Å². The normalized spacial score (nSPS) is 17.0. The first-order valence-corrected chi connectivity index (χ1v) is 3.91. The average Bonchev–Trinajstić information content (AvgIpc) is 1.81. The van der Waals surface area contributed by atoms with Crippen molar-refractivity contribution in [2.75, 3.05) is 0 Å². The fraction of sp³-hybridized carbons (Fsp3) is 1.00. The Balaban J connectivity index is 5.30. The van der Waals surface area contributed by atoms with E-state index in [4.69, 9.17) is 0 Å². The highest BCUT2D eigenvalue weighted by Crippen LogP contribution is 2.77. The van der Waals surface area contributed by atoms with Gasteiger partial charge in [-0.25, -0.2) is 0 Å². The lowest BCUT2D eigenvalue weighted by Gasteiger charge is -2.32. The van der Waals surface area contributed by atoms with Crippen LogP contribution in [0.2, 0.25) is 0 Å². The van der Waals surface area contributed by atoms with Crippen LogP contribution in [0.25, 0.3) is 0 Å². The third kappa shape index (κ3) is 1.86. The van der Waals surface area contributed by atoms with E-state index in [9.17, 15) is 42.9 Å². The lowest BCUT2D eigenvalue weighted by molar-refractivity contribution is -0.247. The molecule has 0 fully saturated rings. The Morgan fingerprint density at radius 1 is 0.643 bits per heavy atom. The first kappa shape index (κ1) is 13.7. The molecule has 88 valence electrons. The van der Waals surface area contributed by atoms with E-state index in [1.54, 1.807) is 0 Å². The standard InChI is InChI=1S/C3F10S/c4-1(5,6)2(7,8)14(12,13)3(9,10)11. The summed E-state index contributed by atoms with van der Waals surface area (Å²) in [5.41, 5.74) is -6.88. The van der Waals surface area contributed by atoms with E-state index in [1.165, 1.54) is 0 Å². The van der Waals surface area contributed by atoms with Crippen molar-refractivity contribution >= 4 is 10.8 Å². The van der Waals surface area contributed by atoms with Gasteiger partial charge in [0.1, 0.15) is 0 Å². The van der Waals surface area contributed by atoms with Crippen molar-refractivity contribution in [2.45, 2.75) is 16.9 Å². The van der Waals surface area contributed by atoms with Gasteiger partial charge in [0.05, 0.1) is 0 Å². The number of hydrogen-bond donors (Lipinski definition) is 0. The highest BCUT2D eigenvalue weighted by molar-refractivity contribution is 8.26. The molecule has 0 radical (unpaired) electrons. The maximum Gasteiger partial charge on any atom is 0.484 e. The zero-order chi connectivity index (χ0) is 12.0. The minimum atomic E-state index is -8.09. The topological polar surface area (TPSA) is 0 Å². The summed E-state index contributed by atoms with van der Waals surface area (Å²) in [6, 6.07) is 0. The summed E-state index contributed by atoms with van der Waals surface area (Å²) in [6.07, 6.45) is -6.93. The minimum absolute atomic E-state index is 6.88. The van der Waals surface area contributed by atoms with E-state index in [-0.39, 0.29) is 0 Å². The first-order chi connectivity index (χ1) is 5.75. The van der Waals surface area contributed by atoms with Crippen molar-refractivity contribution < 1.29 is 42.9 Å². The smallest absolute Gasteiger partial charge is 0.180 e. The van der Waals surface area contributed by atoms with Gasteiger partial charge < -0.3 is 0 Å². The molecule has 0 aromatic heterocycles. The summed E-state index contributed by atoms with van der Waals surface area (Å²) in [4.78, 5) is 0. The highest BCUT2D eigenvalue weighted by Gasteiger charge is 2.79. The molecular weight excluding hydrogens is 258 g/mol. The van der Waals surface area contributed by atoms with Gasteiger partial charge in [0.15, 0.2) is 0 Å². The molecule has 0 unspecified atom stereocenters. The molecule has 0 aliphatic heterocycles. The summed E-state index contributed by atoms with van der Waals surface area (Å²) >= 11 is 0. The van der Waals surface area contributed by atoms with Crippen LogP contribution in [0.4, 0.5) is 42.9 Å². The van der Waals surface area contributed by atoms with Gasteiger partial charge >= 0.3 is 16.9 Å². The number of alkyl halides is 8. The van der Waals surface area contributed by atoms with E-state index in [1.807, 2.05) is 0 Å². The summed E-state index contributed by atoms with van der Waals surface area (Å²) < 4.78 is 114. The second kappa shape index (κ2) is 3.07. The maximum atomic E-state index is 11.7. The molecule has 0 N–H and O–H groups in total. The van der Waals surface area contributed by atoms with Crippen molar-refractivity contribution in [3.63, 3.8) is 0 Å². The Morgan fingerprint density at radius 2 is 0.929 bits per heavy atom. The molecule has 0 amide bonds. The molecule has 0 spiro atoms. The van der Waals surface area contributed by atoms with Crippen LogP contribution in [0.15, 0.2) is 0 Å². The minimum Gasteiger partial charge on any atom is -0.180 e. The molecule has 11 heteroatoms. The Labute approximate surface area is 71.8 Å². The van der Waals surface area contributed by atoms with Gasteiger partial charge in [-0.1, -0.05) is 0 Å². The van der Waals surface area contributed by atoms with Crippen molar-refractivity contribution in [3.8, 4) is 0 Å². The highest BCUT2D eigenvalue weighted by atomic mass is 32.3. The van der Waals surface area contributed by atoms with Gasteiger partial charge in [-0.05, 0) is 0 Å². The Kier molecular flexibility index (Phi) is 2.99. The molecule has 0 saturated carbocycles. The van der Waals surface area contributed by atoms with Crippen LogP contribution >= 0.6 is 10.8 Å². The van der Waals surface area contributed by atoms with E-state index in [0.717, 1.165) is 0 Å². The molecule has 0 rings (SSSR count). The van der Waals surface area contributed by atoms with Gasteiger partial charge in [-0.2, -0.15) is 35.1 Å². The lowest BCUT2D eigenvalue weighted by atomic mass is 10.7. The van der Waals surface area contributed by atoms with Crippen molar-refractivity contribution in [1.82, 2.24) is 0 Å². The average molecular weight is 258 g/mol. The molecule has 0 heterocycles. The molecule has 14 heavy (non-hydrogen) atoms. The van der Waals surface area contributed by atoms with E-state index in [0.29, 0.717) is 0 Å². The quantitative estimate of drug-likeness (QED) is 0.617. The summed E-state index contributed by atoms with van der Waals surface area (Å²) in [5.74, 6) is 0. The monoisotopic (exact) mass is 258 g/mol. The fourth-order valence-electron chi connectivity index (χ4n) is 0.291. The zero-order valence-electron chi connectivity index (χ0n) is 5.69. The largest absolute Gasteiger partial charge is 0.484 e. The SMILES string of the molecule is FC(F)(F)C(F)(F)S(F)(F)C(F)(F)F. The first-order valence-electron chi connectivity index (χ1n) is 2.48. The van der Waals surface area contributed by atoms with Crippen LogP contribution in [0.1, 0.15) is 0 Å². The molecular formula is C3F10S. The van der Waals surface area contributed by atoms with Crippen molar-refractivity contribution in [2.24, 2.45) is 0 Å². The third-order valence-corrected chi connectivity index (χ3v) is 2.40. The third-order valence-electron chi connectivity index (χ3n) is 0.943. The predicted octanol–water partition coefficient (Wildman–Crippen LogP) is 4.23. The summed E-state index contributed by atoms with van der Waals surface area (Å²) in [6.45, 7) is 0. The van der Waals surface area contributed by atoms with E-state index >= 15 is 0 Å². The number of hydrogen-bond acceptors (Lipinski definition) is 0. The second-order valence-electron chi connectivity index (χ2n) is 1.93. The van der Waals surface area contributed by atoms with Crippen LogP contribution in [0.5, 0.6) is 0 Å². The molecule has 0 bridgehead atoms. The van der Waals surface area contributed by atoms with Crippen molar-refractivity contribution in [3.05, 3.63) is 0 Å². The van der Waals surface area contributed by atoms with Crippen LogP contribution in [-0.4, -0.2) is 16.9 Å². The lowest BCUT2D eigenvalue weighted by Crippen LogP contribution is -2.42. The van der Waals surface area contributed by atoms with Crippen LogP contribution in [0.3, 0.4) is 0 Å².